The number of aromatic nitrogens is 3. The molecule has 1 amide bonds. The van der Waals surface area contributed by atoms with Gasteiger partial charge < -0.3 is 24.1 Å². The highest BCUT2D eigenvalue weighted by Gasteiger charge is 2.16. The molecule has 0 bridgehead atoms. The van der Waals surface area contributed by atoms with E-state index in [2.05, 4.69) is 10.3 Å². The lowest BCUT2D eigenvalue weighted by molar-refractivity contribution is -0.116. The highest BCUT2D eigenvalue weighted by Crippen LogP contribution is 2.30. The number of rotatable bonds is 9. The monoisotopic (exact) mass is 464 g/mol. The summed E-state index contributed by atoms with van der Waals surface area (Å²) >= 11 is 1.56. The zero-order valence-electron chi connectivity index (χ0n) is 18.6. The lowest BCUT2D eigenvalue weighted by atomic mass is 10.2. The Morgan fingerprint density at radius 3 is 2.67 bits per heavy atom. The van der Waals surface area contributed by atoms with Crippen LogP contribution in [0.4, 0.5) is 5.69 Å². The molecule has 4 aromatic rings. The van der Waals surface area contributed by atoms with E-state index in [1.165, 1.54) is 0 Å². The number of thioether (sulfide) groups is 1. The van der Waals surface area contributed by atoms with Gasteiger partial charge in [0, 0.05) is 23.7 Å². The highest BCUT2D eigenvalue weighted by atomic mass is 32.2. The summed E-state index contributed by atoms with van der Waals surface area (Å²) in [6, 6.07) is 15.0. The zero-order chi connectivity index (χ0) is 23.2. The fourth-order valence-electron chi connectivity index (χ4n) is 3.38. The summed E-state index contributed by atoms with van der Waals surface area (Å²) in [5.74, 6) is 2.44. The predicted molar refractivity (Wildman–Crippen MR) is 128 cm³/mol. The molecule has 2 heterocycles. The summed E-state index contributed by atoms with van der Waals surface area (Å²) in [6.07, 6.45) is 3.42. The molecular formula is C24H24N4O4S. The topological polar surface area (TPSA) is 87.5 Å². The van der Waals surface area contributed by atoms with Crippen LogP contribution in [0.5, 0.6) is 17.2 Å². The van der Waals surface area contributed by atoms with Crippen molar-refractivity contribution >= 4 is 34.4 Å². The van der Waals surface area contributed by atoms with E-state index < -0.39 is 0 Å². The minimum absolute atomic E-state index is 0.0942. The Bertz CT molecular complexity index is 1270. The van der Waals surface area contributed by atoms with Gasteiger partial charge in [-0.05, 0) is 35.9 Å². The van der Waals surface area contributed by atoms with Gasteiger partial charge in [-0.1, -0.05) is 23.9 Å². The Kier molecular flexibility index (Phi) is 6.99. The van der Waals surface area contributed by atoms with Crippen LogP contribution in [0.15, 0.2) is 66.1 Å². The third-order valence-electron chi connectivity index (χ3n) is 4.99. The quantitative estimate of drug-likeness (QED) is 0.368. The van der Waals surface area contributed by atoms with Crippen molar-refractivity contribution in [3.63, 3.8) is 0 Å². The van der Waals surface area contributed by atoms with Crippen molar-refractivity contribution in [2.24, 2.45) is 0 Å². The Labute approximate surface area is 195 Å². The van der Waals surface area contributed by atoms with E-state index in [1.54, 1.807) is 63.7 Å². The SMILES string of the molecule is COc1cccc(CSc2nc3ccncc3n2CC(=O)Nc2ccc(OC)c(OC)c2)c1. The summed E-state index contributed by atoms with van der Waals surface area (Å²) in [7, 11) is 4.77. The van der Waals surface area contributed by atoms with Gasteiger partial charge in [-0.25, -0.2) is 4.98 Å². The summed E-state index contributed by atoms with van der Waals surface area (Å²) in [6.45, 7) is 0.0942. The van der Waals surface area contributed by atoms with Gasteiger partial charge in [-0.3, -0.25) is 9.78 Å². The van der Waals surface area contributed by atoms with Gasteiger partial charge in [0.05, 0.1) is 38.6 Å². The van der Waals surface area contributed by atoms with Gasteiger partial charge in [-0.15, -0.1) is 0 Å². The second kappa shape index (κ2) is 10.3. The molecule has 0 unspecified atom stereocenters. The number of nitrogens with zero attached hydrogens (tertiary/aromatic N) is 3. The molecule has 2 aromatic carbocycles. The van der Waals surface area contributed by atoms with Gasteiger partial charge in [0.1, 0.15) is 12.3 Å². The number of pyridine rings is 1. The fourth-order valence-corrected chi connectivity index (χ4v) is 4.34. The third kappa shape index (κ3) is 5.20. The van der Waals surface area contributed by atoms with Gasteiger partial charge >= 0.3 is 0 Å². The first-order valence-corrected chi connectivity index (χ1v) is 11.2. The van der Waals surface area contributed by atoms with Crippen LogP contribution in [-0.2, 0) is 17.1 Å². The summed E-state index contributed by atoms with van der Waals surface area (Å²) in [5, 5.41) is 3.66. The van der Waals surface area contributed by atoms with E-state index in [4.69, 9.17) is 19.2 Å². The number of amides is 1. The number of benzene rings is 2. The number of nitrogens with one attached hydrogen (secondary N) is 1. The Hall–Kier alpha value is -3.72. The van der Waals surface area contributed by atoms with Crippen LogP contribution in [0, 0.1) is 0 Å². The van der Waals surface area contributed by atoms with Crippen LogP contribution >= 0.6 is 11.8 Å². The smallest absolute Gasteiger partial charge is 0.244 e. The number of anilines is 1. The van der Waals surface area contributed by atoms with Crippen molar-refractivity contribution in [2.75, 3.05) is 26.6 Å². The normalized spacial score (nSPS) is 10.8. The Morgan fingerprint density at radius 2 is 1.88 bits per heavy atom. The second-order valence-electron chi connectivity index (χ2n) is 7.10. The van der Waals surface area contributed by atoms with Crippen LogP contribution in [0.2, 0.25) is 0 Å². The molecule has 0 spiro atoms. The molecule has 0 aliphatic heterocycles. The van der Waals surface area contributed by atoms with Crippen LogP contribution in [-0.4, -0.2) is 41.8 Å². The molecule has 170 valence electrons. The van der Waals surface area contributed by atoms with Crippen molar-refractivity contribution in [3.8, 4) is 17.2 Å². The van der Waals surface area contributed by atoms with Crippen LogP contribution in [0.1, 0.15) is 5.56 Å². The minimum atomic E-state index is -0.186. The zero-order valence-corrected chi connectivity index (χ0v) is 19.4. The first-order valence-electron chi connectivity index (χ1n) is 10.2. The molecule has 0 aliphatic rings. The minimum Gasteiger partial charge on any atom is -0.497 e. The van der Waals surface area contributed by atoms with Crippen molar-refractivity contribution in [1.29, 1.82) is 0 Å². The molecule has 1 N–H and O–H groups in total. The maximum absolute atomic E-state index is 12.9. The maximum atomic E-state index is 12.9. The molecule has 4 rings (SSSR count). The maximum Gasteiger partial charge on any atom is 0.244 e. The van der Waals surface area contributed by atoms with E-state index in [9.17, 15) is 4.79 Å². The van der Waals surface area contributed by atoms with Gasteiger partial charge in [-0.2, -0.15) is 0 Å². The van der Waals surface area contributed by atoms with Gasteiger partial charge in [0.25, 0.3) is 0 Å². The standard InChI is InChI=1S/C24H24N4O4S/c1-30-18-6-4-5-16(11-18)15-33-24-27-19-9-10-25-13-20(19)28(24)14-23(29)26-17-7-8-21(31-2)22(12-17)32-3/h4-13H,14-15H2,1-3H3,(H,26,29). The molecule has 0 saturated carbocycles. The molecule has 33 heavy (non-hydrogen) atoms. The number of methoxy groups -OCH3 is 3. The van der Waals surface area contributed by atoms with E-state index in [-0.39, 0.29) is 12.5 Å². The summed E-state index contributed by atoms with van der Waals surface area (Å²) < 4.78 is 17.8. The van der Waals surface area contributed by atoms with Crippen molar-refractivity contribution in [3.05, 3.63) is 66.5 Å². The number of fused-ring (bicyclic) bond motifs is 1. The average molecular weight is 465 g/mol. The molecule has 9 heteroatoms. The van der Waals surface area contributed by atoms with Crippen LogP contribution in [0.3, 0.4) is 0 Å². The Morgan fingerprint density at radius 1 is 1.03 bits per heavy atom. The van der Waals surface area contributed by atoms with Gasteiger partial charge in [0.2, 0.25) is 5.91 Å². The lowest BCUT2D eigenvalue weighted by Gasteiger charge is -2.12. The second-order valence-corrected chi connectivity index (χ2v) is 8.05. The number of ether oxygens (including phenoxy) is 3. The number of carbonyl (C=O) groups is 1. The van der Waals surface area contributed by atoms with Crippen molar-refractivity contribution < 1.29 is 19.0 Å². The summed E-state index contributed by atoms with van der Waals surface area (Å²) in [4.78, 5) is 21.8. The van der Waals surface area contributed by atoms with Crippen molar-refractivity contribution in [1.82, 2.24) is 14.5 Å². The molecular weight excluding hydrogens is 440 g/mol. The molecule has 0 fully saturated rings. The first kappa shape index (κ1) is 22.5. The number of hydrogen-bond acceptors (Lipinski definition) is 7. The molecule has 0 aliphatic carbocycles. The average Bonchev–Trinajstić information content (AvgIpc) is 3.19. The number of hydrogen-bond donors (Lipinski definition) is 1. The first-order chi connectivity index (χ1) is 16.1. The lowest BCUT2D eigenvalue weighted by Crippen LogP contribution is -2.19. The van der Waals surface area contributed by atoms with E-state index in [0.717, 1.165) is 27.5 Å². The van der Waals surface area contributed by atoms with Gasteiger partial charge in [0.15, 0.2) is 16.7 Å². The van der Waals surface area contributed by atoms with E-state index in [1.807, 2.05) is 34.9 Å². The third-order valence-corrected chi connectivity index (χ3v) is 6.03. The number of imidazole rings is 1. The molecule has 0 saturated heterocycles. The summed E-state index contributed by atoms with van der Waals surface area (Å²) in [5.41, 5.74) is 3.31. The number of carbonyl (C=O) groups excluding carboxylic acids is 1. The fraction of sp³-hybridized carbons (Fsp3) is 0.208. The Balaban J connectivity index is 1.54. The highest BCUT2D eigenvalue weighted by molar-refractivity contribution is 7.98. The molecule has 2 aromatic heterocycles. The van der Waals surface area contributed by atoms with Crippen LogP contribution in [0.25, 0.3) is 11.0 Å². The molecule has 0 radical (unpaired) electrons. The van der Waals surface area contributed by atoms with Crippen LogP contribution < -0.4 is 19.5 Å². The van der Waals surface area contributed by atoms with E-state index in [0.29, 0.717) is 22.9 Å². The molecule has 0 atom stereocenters. The van der Waals surface area contributed by atoms with Crippen molar-refractivity contribution in [2.45, 2.75) is 17.5 Å². The predicted octanol–water partition coefficient (Wildman–Crippen LogP) is 4.39. The van der Waals surface area contributed by atoms with E-state index >= 15 is 0 Å². The molecule has 8 nitrogen and oxygen atoms in total. The largest absolute Gasteiger partial charge is 0.497 e.